The van der Waals surface area contributed by atoms with E-state index in [1.165, 1.54) is 18.2 Å². The van der Waals surface area contributed by atoms with Crippen molar-refractivity contribution >= 4 is 11.6 Å². The molecule has 1 aromatic carbocycles. The molecule has 0 aliphatic rings. The fraction of sp³-hybridized carbons (Fsp3) is 0.500. The van der Waals surface area contributed by atoms with Crippen molar-refractivity contribution in [2.45, 2.75) is 25.9 Å². The van der Waals surface area contributed by atoms with Gasteiger partial charge in [-0.2, -0.15) is 0 Å². The summed E-state index contributed by atoms with van der Waals surface area (Å²) in [5.41, 5.74) is -0.673. The smallest absolute Gasteiger partial charge is 0.123 e. The summed E-state index contributed by atoms with van der Waals surface area (Å²) in [4.78, 5) is 0. The molecule has 16 heavy (non-hydrogen) atoms. The van der Waals surface area contributed by atoms with Crippen molar-refractivity contribution in [3.63, 3.8) is 0 Å². The standard InChI is InChI=1S/C12H17ClFNO/c1-3-15-7-6-12(2,16)10-8-9(14)4-5-11(10)13/h4-5,8,15-16H,3,6-7H2,1-2H3. The highest BCUT2D eigenvalue weighted by Gasteiger charge is 2.25. The molecule has 0 saturated carbocycles. The van der Waals surface area contributed by atoms with Gasteiger partial charge in [0.1, 0.15) is 5.82 Å². The molecule has 0 aliphatic carbocycles. The van der Waals surface area contributed by atoms with Gasteiger partial charge in [0.2, 0.25) is 0 Å². The summed E-state index contributed by atoms with van der Waals surface area (Å²) in [7, 11) is 0. The lowest BCUT2D eigenvalue weighted by atomic mass is 9.92. The van der Waals surface area contributed by atoms with E-state index in [1.54, 1.807) is 6.92 Å². The third kappa shape index (κ3) is 3.44. The van der Waals surface area contributed by atoms with Crippen LogP contribution in [0, 0.1) is 5.82 Å². The predicted molar refractivity (Wildman–Crippen MR) is 64.1 cm³/mol. The minimum atomic E-state index is -1.11. The topological polar surface area (TPSA) is 32.3 Å². The summed E-state index contributed by atoms with van der Waals surface area (Å²) in [5.74, 6) is -0.386. The Morgan fingerprint density at radius 1 is 1.50 bits per heavy atom. The van der Waals surface area contributed by atoms with Gasteiger partial charge < -0.3 is 10.4 Å². The Kier molecular flexibility index (Phi) is 4.71. The van der Waals surface area contributed by atoms with E-state index in [1.807, 2.05) is 6.92 Å². The molecule has 90 valence electrons. The Morgan fingerprint density at radius 3 is 2.81 bits per heavy atom. The zero-order chi connectivity index (χ0) is 12.2. The SMILES string of the molecule is CCNCCC(C)(O)c1cc(F)ccc1Cl. The molecule has 0 spiro atoms. The van der Waals surface area contributed by atoms with Crippen molar-refractivity contribution in [1.82, 2.24) is 5.32 Å². The van der Waals surface area contributed by atoms with Crippen molar-refractivity contribution in [2.75, 3.05) is 13.1 Å². The maximum atomic E-state index is 13.1. The van der Waals surface area contributed by atoms with Crippen LogP contribution in [-0.2, 0) is 5.60 Å². The second kappa shape index (κ2) is 5.62. The number of hydrogen-bond acceptors (Lipinski definition) is 2. The molecule has 1 unspecified atom stereocenters. The molecule has 0 aliphatic heterocycles. The van der Waals surface area contributed by atoms with Gasteiger partial charge in [-0.1, -0.05) is 18.5 Å². The highest BCUT2D eigenvalue weighted by molar-refractivity contribution is 6.31. The first-order valence-electron chi connectivity index (χ1n) is 5.36. The third-order valence-electron chi connectivity index (χ3n) is 2.55. The van der Waals surface area contributed by atoms with Crippen molar-refractivity contribution in [1.29, 1.82) is 0 Å². The van der Waals surface area contributed by atoms with Gasteiger partial charge in [-0.25, -0.2) is 4.39 Å². The van der Waals surface area contributed by atoms with Gasteiger partial charge in [-0.3, -0.25) is 0 Å². The lowest BCUT2D eigenvalue weighted by molar-refractivity contribution is 0.0479. The average Bonchev–Trinajstić information content (AvgIpc) is 2.22. The van der Waals surface area contributed by atoms with Gasteiger partial charge in [0, 0.05) is 10.6 Å². The minimum absolute atomic E-state index is 0.386. The lowest BCUT2D eigenvalue weighted by Gasteiger charge is -2.25. The summed E-state index contributed by atoms with van der Waals surface area (Å²) >= 11 is 5.95. The Bertz CT molecular complexity index is 355. The molecule has 1 atom stereocenters. The molecule has 1 rings (SSSR count). The maximum Gasteiger partial charge on any atom is 0.123 e. The fourth-order valence-corrected chi connectivity index (χ4v) is 1.87. The average molecular weight is 246 g/mol. The summed E-state index contributed by atoms with van der Waals surface area (Å²) in [5, 5.41) is 13.7. The van der Waals surface area contributed by atoms with Crippen molar-refractivity contribution in [3.05, 3.63) is 34.6 Å². The molecule has 2 N–H and O–H groups in total. The maximum absolute atomic E-state index is 13.1. The van der Waals surface area contributed by atoms with Gasteiger partial charge in [0.05, 0.1) is 5.60 Å². The second-order valence-corrected chi connectivity index (χ2v) is 4.41. The minimum Gasteiger partial charge on any atom is -0.385 e. The Balaban J connectivity index is 2.83. The molecule has 0 amide bonds. The number of nitrogens with one attached hydrogen (secondary N) is 1. The Labute approximate surface area is 100 Å². The molecular formula is C12H17ClFNO. The van der Waals surface area contributed by atoms with Crippen LogP contribution in [-0.4, -0.2) is 18.2 Å². The number of halogens is 2. The zero-order valence-electron chi connectivity index (χ0n) is 9.56. The summed E-state index contributed by atoms with van der Waals surface area (Å²) in [6, 6.07) is 4.04. The molecule has 0 aromatic heterocycles. The van der Waals surface area contributed by atoms with Crippen molar-refractivity contribution in [2.24, 2.45) is 0 Å². The van der Waals surface area contributed by atoms with Crippen LogP contribution in [0.2, 0.25) is 5.02 Å². The summed E-state index contributed by atoms with van der Waals surface area (Å²) in [6.45, 7) is 5.14. The second-order valence-electron chi connectivity index (χ2n) is 4.00. The van der Waals surface area contributed by atoms with E-state index < -0.39 is 5.60 Å². The molecule has 2 nitrogen and oxygen atoms in total. The normalized spacial score (nSPS) is 14.8. The van der Waals surface area contributed by atoms with E-state index in [0.717, 1.165) is 6.54 Å². The number of aliphatic hydroxyl groups is 1. The Hall–Kier alpha value is -0.640. The highest BCUT2D eigenvalue weighted by Crippen LogP contribution is 2.30. The van der Waals surface area contributed by atoms with E-state index in [2.05, 4.69) is 5.32 Å². The Morgan fingerprint density at radius 2 is 2.19 bits per heavy atom. The van der Waals surface area contributed by atoms with Crippen molar-refractivity contribution < 1.29 is 9.50 Å². The van der Waals surface area contributed by atoms with Gasteiger partial charge in [0.25, 0.3) is 0 Å². The van der Waals surface area contributed by atoms with Gasteiger partial charge in [0.15, 0.2) is 0 Å². The third-order valence-corrected chi connectivity index (χ3v) is 2.88. The molecular weight excluding hydrogens is 229 g/mol. The lowest BCUT2D eigenvalue weighted by Crippen LogP contribution is -2.28. The van der Waals surface area contributed by atoms with E-state index >= 15 is 0 Å². The molecule has 0 fully saturated rings. The van der Waals surface area contributed by atoms with Crippen LogP contribution in [0.1, 0.15) is 25.8 Å². The van der Waals surface area contributed by atoms with Gasteiger partial charge in [-0.15, -0.1) is 0 Å². The van der Waals surface area contributed by atoms with E-state index in [9.17, 15) is 9.50 Å². The molecule has 0 saturated heterocycles. The van der Waals surface area contributed by atoms with Gasteiger partial charge in [-0.05, 0) is 44.6 Å². The van der Waals surface area contributed by atoms with Crippen LogP contribution in [0.4, 0.5) is 4.39 Å². The van der Waals surface area contributed by atoms with Crippen molar-refractivity contribution in [3.8, 4) is 0 Å². The zero-order valence-corrected chi connectivity index (χ0v) is 10.3. The molecule has 0 heterocycles. The van der Waals surface area contributed by atoms with Crippen LogP contribution in [0.15, 0.2) is 18.2 Å². The van der Waals surface area contributed by atoms with Crippen LogP contribution >= 0.6 is 11.6 Å². The first kappa shape index (κ1) is 13.4. The van der Waals surface area contributed by atoms with Crippen LogP contribution in [0.25, 0.3) is 0 Å². The van der Waals surface area contributed by atoms with Gasteiger partial charge >= 0.3 is 0 Å². The molecule has 0 radical (unpaired) electrons. The van der Waals surface area contributed by atoms with Crippen LogP contribution in [0.5, 0.6) is 0 Å². The number of rotatable bonds is 5. The quantitative estimate of drug-likeness (QED) is 0.782. The van der Waals surface area contributed by atoms with E-state index in [0.29, 0.717) is 23.6 Å². The largest absolute Gasteiger partial charge is 0.385 e. The summed E-state index contributed by atoms with van der Waals surface area (Å²) in [6.07, 6.45) is 0.490. The summed E-state index contributed by atoms with van der Waals surface area (Å²) < 4.78 is 13.1. The first-order valence-corrected chi connectivity index (χ1v) is 5.74. The number of hydrogen-bond donors (Lipinski definition) is 2. The molecule has 0 bridgehead atoms. The molecule has 4 heteroatoms. The first-order chi connectivity index (χ1) is 7.47. The predicted octanol–water partition coefficient (Wildman–Crippen LogP) is 2.69. The van der Waals surface area contributed by atoms with Crippen LogP contribution < -0.4 is 5.32 Å². The van der Waals surface area contributed by atoms with E-state index in [4.69, 9.17) is 11.6 Å². The van der Waals surface area contributed by atoms with Crippen LogP contribution in [0.3, 0.4) is 0 Å². The molecule has 1 aromatic rings. The fourth-order valence-electron chi connectivity index (χ4n) is 1.55. The highest BCUT2D eigenvalue weighted by atomic mass is 35.5. The number of benzene rings is 1. The monoisotopic (exact) mass is 245 g/mol. The van der Waals surface area contributed by atoms with E-state index in [-0.39, 0.29) is 5.82 Å².